The molecule has 50 heavy (non-hydrogen) atoms. The SMILES string of the molecule is COP(=O)(OC)OCN(C)C(=O)c1ccc(-n2c(=O)c3c(n4ncc(CC5CC5)c24)CN(C(=O)c2ccc(Br)c(C(F)(F)F)c2)[C@H](C)C3)cc1. The summed E-state index contributed by atoms with van der Waals surface area (Å²) < 4.78 is 70.9. The fraction of sp³-hybridized carbons (Fsp3) is 0.394. The molecule has 3 heterocycles. The highest BCUT2D eigenvalue weighted by atomic mass is 79.9. The lowest BCUT2D eigenvalue weighted by Gasteiger charge is -2.35. The predicted molar refractivity (Wildman–Crippen MR) is 179 cm³/mol. The minimum Gasteiger partial charge on any atom is -0.330 e. The molecular weight excluding hydrogens is 746 g/mol. The molecule has 2 aromatic carbocycles. The van der Waals surface area contributed by atoms with Crippen molar-refractivity contribution < 1.29 is 40.9 Å². The third kappa shape index (κ3) is 6.91. The number of phosphoric ester groups is 1. The van der Waals surface area contributed by atoms with Gasteiger partial charge < -0.3 is 9.80 Å². The van der Waals surface area contributed by atoms with E-state index in [0.29, 0.717) is 34.9 Å². The smallest absolute Gasteiger partial charge is 0.330 e. The van der Waals surface area contributed by atoms with Gasteiger partial charge in [0.15, 0.2) is 0 Å². The lowest BCUT2D eigenvalue weighted by atomic mass is 9.97. The molecule has 1 aliphatic carbocycles. The van der Waals surface area contributed by atoms with E-state index in [1.165, 1.54) is 29.0 Å². The van der Waals surface area contributed by atoms with Crippen LogP contribution in [0.1, 0.15) is 62.9 Å². The van der Waals surface area contributed by atoms with Gasteiger partial charge in [0.2, 0.25) is 0 Å². The fourth-order valence-corrected chi connectivity index (χ4v) is 7.23. The molecule has 17 heteroatoms. The van der Waals surface area contributed by atoms with Crippen molar-refractivity contribution in [3.63, 3.8) is 0 Å². The molecule has 0 saturated heterocycles. The first-order valence-electron chi connectivity index (χ1n) is 15.7. The van der Waals surface area contributed by atoms with Crippen molar-refractivity contribution in [1.82, 2.24) is 24.0 Å². The maximum Gasteiger partial charge on any atom is 0.475 e. The van der Waals surface area contributed by atoms with Crippen molar-refractivity contribution in [3.8, 4) is 5.69 Å². The molecule has 0 N–H and O–H groups in total. The summed E-state index contributed by atoms with van der Waals surface area (Å²) in [6.45, 7) is 1.34. The molecule has 266 valence electrons. The van der Waals surface area contributed by atoms with Crippen molar-refractivity contribution in [2.75, 3.05) is 28.0 Å². The van der Waals surface area contributed by atoms with E-state index >= 15 is 0 Å². The summed E-state index contributed by atoms with van der Waals surface area (Å²) in [5.41, 5.74) is 1.66. The zero-order valence-corrected chi connectivity index (χ0v) is 30.0. The number of carbonyl (C=O) groups excluding carboxylic acids is 2. The first-order valence-corrected chi connectivity index (χ1v) is 17.9. The standard InChI is InChI=1S/C33H34BrF3N5O7P/c1-19-13-25-28(17-40(19)31(44)22-9-12-27(34)26(15-22)33(35,36)37)42-29(23(16-38-42)14-20-5-6-20)41(32(25)45)24-10-7-21(8-11-24)30(43)39(2)18-49-50(46,47-3)48-4/h7-12,15-16,19-20H,5-6,13-14,17-18H2,1-4H3/t19-/m1/s1. The Morgan fingerprint density at radius 1 is 1.08 bits per heavy atom. The van der Waals surface area contributed by atoms with Crippen molar-refractivity contribution in [3.05, 3.63) is 97.0 Å². The number of phosphoric acid groups is 1. The highest BCUT2D eigenvalue weighted by Crippen LogP contribution is 2.47. The summed E-state index contributed by atoms with van der Waals surface area (Å²) in [5.74, 6) is -0.583. The van der Waals surface area contributed by atoms with Crippen molar-refractivity contribution in [1.29, 1.82) is 0 Å². The number of hydrogen-bond donors (Lipinski definition) is 0. The number of halogens is 4. The third-order valence-corrected chi connectivity index (χ3v) is 11.0. The number of benzene rings is 2. The Bertz CT molecular complexity index is 2070. The van der Waals surface area contributed by atoms with E-state index in [4.69, 9.17) is 13.6 Å². The molecule has 2 amide bonds. The average molecular weight is 781 g/mol. The summed E-state index contributed by atoms with van der Waals surface area (Å²) >= 11 is 2.93. The van der Waals surface area contributed by atoms with Crippen LogP contribution in [0.25, 0.3) is 11.3 Å². The van der Waals surface area contributed by atoms with Gasteiger partial charge in [0.25, 0.3) is 17.4 Å². The number of fused-ring (bicyclic) bond motifs is 3. The Labute approximate surface area is 293 Å². The molecule has 0 spiro atoms. The van der Waals surface area contributed by atoms with Crippen LogP contribution in [-0.4, -0.2) is 69.8 Å². The van der Waals surface area contributed by atoms with Crippen LogP contribution in [0.3, 0.4) is 0 Å². The molecule has 2 aromatic heterocycles. The molecule has 1 aliphatic heterocycles. The molecular formula is C33H34BrF3N5O7P. The number of amides is 2. The molecule has 0 unspecified atom stereocenters. The summed E-state index contributed by atoms with van der Waals surface area (Å²) in [5, 5.41) is 4.66. The van der Waals surface area contributed by atoms with E-state index < -0.39 is 37.4 Å². The van der Waals surface area contributed by atoms with E-state index in [-0.39, 0.29) is 40.9 Å². The average Bonchev–Trinajstić information content (AvgIpc) is 3.83. The number of nitrogens with zero attached hydrogens (tertiary/aromatic N) is 5. The van der Waals surface area contributed by atoms with E-state index in [1.807, 2.05) is 0 Å². The topological polar surface area (TPSA) is 125 Å². The predicted octanol–water partition coefficient (Wildman–Crippen LogP) is 6.25. The van der Waals surface area contributed by atoms with Gasteiger partial charge >= 0.3 is 14.0 Å². The molecule has 0 radical (unpaired) electrons. The largest absolute Gasteiger partial charge is 0.475 e. The molecule has 1 atom stereocenters. The Morgan fingerprint density at radius 2 is 1.74 bits per heavy atom. The van der Waals surface area contributed by atoms with E-state index in [1.54, 1.807) is 46.5 Å². The van der Waals surface area contributed by atoms with Crippen LogP contribution in [0.5, 0.6) is 0 Å². The second kappa shape index (κ2) is 13.7. The van der Waals surface area contributed by atoms with Gasteiger partial charge in [-0.1, -0.05) is 15.9 Å². The van der Waals surface area contributed by atoms with E-state index in [9.17, 15) is 32.1 Å². The van der Waals surface area contributed by atoms with Crippen LogP contribution in [0.15, 0.2) is 57.9 Å². The van der Waals surface area contributed by atoms with Crippen LogP contribution >= 0.6 is 23.8 Å². The number of alkyl halides is 3. The lowest BCUT2D eigenvalue weighted by Crippen LogP contribution is -2.46. The summed E-state index contributed by atoms with van der Waals surface area (Å²) in [6.07, 6.45) is -0.00678. The summed E-state index contributed by atoms with van der Waals surface area (Å²) in [6, 6.07) is 9.29. The second-order valence-corrected chi connectivity index (χ2v) is 15.2. The summed E-state index contributed by atoms with van der Waals surface area (Å²) in [7, 11) is -0.0148. The molecule has 6 rings (SSSR count). The monoisotopic (exact) mass is 779 g/mol. The Kier molecular flexibility index (Phi) is 9.87. The molecule has 0 bridgehead atoms. The first kappa shape index (κ1) is 36.0. The van der Waals surface area contributed by atoms with Gasteiger partial charge in [-0.15, -0.1) is 0 Å². The fourth-order valence-electron chi connectivity index (χ4n) is 6.08. The Morgan fingerprint density at radius 3 is 2.36 bits per heavy atom. The van der Waals surface area contributed by atoms with Crippen LogP contribution < -0.4 is 5.56 Å². The van der Waals surface area contributed by atoms with Crippen LogP contribution in [0.4, 0.5) is 13.2 Å². The maximum absolute atomic E-state index is 14.4. The van der Waals surface area contributed by atoms with Gasteiger partial charge in [0.05, 0.1) is 29.7 Å². The molecule has 2 aliphatic rings. The molecule has 1 saturated carbocycles. The molecule has 4 aromatic rings. The zero-order valence-electron chi connectivity index (χ0n) is 27.6. The number of hydrogen-bond acceptors (Lipinski definition) is 8. The van der Waals surface area contributed by atoms with Crippen molar-refractivity contribution in [2.24, 2.45) is 5.92 Å². The van der Waals surface area contributed by atoms with Gasteiger partial charge in [0, 0.05) is 54.0 Å². The highest BCUT2D eigenvalue weighted by Gasteiger charge is 2.37. The first-order chi connectivity index (χ1) is 23.7. The van der Waals surface area contributed by atoms with E-state index in [2.05, 4.69) is 21.0 Å². The van der Waals surface area contributed by atoms with Gasteiger partial charge in [-0.2, -0.15) is 18.3 Å². The molecule has 1 fully saturated rings. The van der Waals surface area contributed by atoms with Crippen LogP contribution in [0.2, 0.25) is 0 Å². The minimum atomic E-state index is -4.66. The van der Waals surface area contributed by atoms with Crippen LogP contribution in [-0.2, 0) is 43.7 Å². The van der Waals surface area contributed by atoms with Gasteiger partial charge in [-0.25, -0.2) is 9.08 Å². The Hall–Kier alpha value is -3.82. The quantitative estimate of drug-likeness (QED) is 0.137. The van der Waals surface area contributed by atoms with Gasteiger partial charge in [-0.05, 0) is 81.0 Å². The van der Waals surface area contributed by atoms with E-state index in [0.717, 1.165) is 38.7 Å². The third-order valence-electron chi connectivity index (χ3n) is 9.01. The van der Waals surface area contributed by atoms with Crippen molar-refractivity contribution in [2.45, 2.75) is 51.4 Å². The van der Waals surface area contributed by atoms with Crippen molar-refractivity contribution >= 4 is 41.2 Å². The normalized spacial score (nSPS) is 16.5. The lowest BCUT2D eigenvalue weighted by molar-refractivity contribution is -0.138. The maximum atomic E-state index is 14.4. The number of aromatic nitrogens is 3. The Balaban J connectivity index is 1.36. The second-order valence-electron chi connectivity index (χ2n) is 12.4. The van der Waals surface area contributed by atoms with Crippen LogP contribution in [0, 0.1) is 5.92 Å². The minimum absolute atomic E-state index is 0.0369. The highest BCUT2D eigenvalue weighted by molar-refractivity contribution is 9.10. The molecule has 12 nitrogen and oxygen atoms in total. The number of carbonyl (C=O) groups is 2. The van der Waals surface area contributed by atoms with Gasteiger partial charge in [-0.3, -0.25) is 32.5 Å². The number of rotatable bonds is 10. The zero-order chi connectivity index (χ0) is 36.1. The summed E-state index contributed by atoms with van der Waals surface area (Å²) in [4.78, 5) is 43.8. The van der Waals surface area contributed by atoms with Gasteiger partial charge in [0.1, 0.15) is 12.4 Å².